The number of rotatable bonds is 3. The molecule has 1 aliphatic rings. The van der Waals surface area contributed by atoms with Crippen molar-refractivity contribution < 1.29 is 0 Å². The predicted octanol–water partition coefficient (Wildman–Crippen LogP) is 6.85. The number of aryl methyl sites for hydroxylation is 3. The highest BCUT2D eigenvalue weighted by atomic mass is 15.1. The molecule has 3 aromatic rings. The maximum atomic E-state index is 4.85. The van der Waals surface area contributed by atoms with Crippen LogP contribution in [0.25, 0.3) is 28.3 Å². The van der Waals surface area contributed by atoms with Gasteiger partial charge in [0.15, 0.2) is 0 Å². The van der Waals surface area contributed by atoms with Gasteiger partial charge in [-0.25, -0.2) is 15.0 Å². The maximum Gasteiger partial charge on any atom is 0.125 e. The van der Waals surface area contributed by atoms with Crippen molar-refractivity contribution in [2.24, 2.45) is 5.92 Å². The molecule has 0 radical (unpaired) electrons. The third-order valence-electron chi connectivity index (χ3n) is 5.79. The second-order valence-corrected chi connectivity index (χ2v) is 8.41. The first-order chi connectivity index (χ1) is 15.9. The number of piperidine rings is 1. The molecular weight excluding hydrogens is 406 g/mol. The van der Waals surface area contributed by atoms with Crippen LogP contribution >= 0.6 is 0 Å². The van der Waals surface area contributed by atoms with Crippen molar-refractivity contribution in [2.75, 3.05) is 13.1 Å². The molecule has 0 amide bonds. The van der Waals surface area contributed by atoms with Crippen LogP contribution in [0.4, 0.5) is 0 Å². The number of imidazole rings is 1. The van der Waals surface area contributed by atoms with Gasteiger partial charge in [0.25, 0.3) is 0 Å². The molecule has 0 unspecified atom stereocenters. The van der Waals surface area contributed by atoms with Gasteiger partial charge in [0.2, 0.25) is 0 Å². The summed E-state index contributed by atoms with van der Waals surface area (Å²) in [6.07, 6.45) is 6.64. The van der Waals surface area contributed by atoms with E-state index in [1.807, 2.05) is 40.7 Å². The molecule has 0 bridgehead atoms. The normalized spacial score (nSPS) is 14.1. The van der Waals surface area contributed by atoms with Gasteiger partial charge in [0.1, 0.15) is 11.6 Å². The summed E-state index contributed by atoms with van der Waals surface area (Å²) in [6.45, 7) is 18.9. The molecule has 0 aliphatic carbocycles. The Morgan fingerprint density at radius 3 is 2.15 bits per heavy atom. The van der Waals surface area contributed by atoms with Crippen LogP contribution in [-0.2, 0) is 0 Å². The fraction of sp³-hybridized carbons (Fsp3) is 0.464. The highest BCUT2D eigenvalue weighted by Gasteiger charge is 2.20. The van der Waals surface area contributed by atoms with Crippen molar-refractivity contribution in [1.29, 1.82) is 0 Å². The molecule has 5 nitrogen and oxygen atoms in total. The average molecular weight is 448 g/mol. The number of nitrogens with one attached hydrogen (secondary N) is 1. The fourth-order valence-electron chi connectivity index (χ4n) is 3.80. The molecule has 1 saturated heterocycles. The minimum Gasteiger partial charge on any atom is -0.317 e. The Balaban J connectivity index is 0.000000362. The van der Waals surface area contributed by atoms with Crippen LogP contribution in [0, 0.1) is 26.7 Å². The number of allylic oxidation sites excluding steroid dienone is 2. The maximum absolute atomic E-state index is 4.85. The highest BCUT2D eigenvalue weighted by Crippen LogP contribution is 2.33. The zero-order valence-electron chi connectivity index (χ0n) is 21.7. The van der Waals surface area contributed by atoms with Gasteiger partial charge in [-0.2, -0.15) is 0 Å². The lowest BCUT2D eigenvalue weighted by atomic mass is 10.0. The van der Waals surface area contributed by atoms with Gasteiger partial charge in [-0.1, -0.05) is 56.7 Å². The van der Waals surface area contributed by atoms with E-state index in [1.54, 1.807) is 6.20 Å². The third kappa shape index (κ3) is 7.10. The van der Waals surface area contributed by atoms with E-state index in [9.17, 15) is 0 Å². The Labute approximate surface area is 200 Å². The van der Waals surface area contributed by atoms with Crippen LogP contribution in [-0.4, -0.2) is 32.6 Å². The van der Waals surface area contributed by atoms with E-state index in [0.717, 1.165) is 45.9 Å². The zero-order chi connectivity index (χ0) is 24.4. The SMILES string of the molecule is C/C=C(/C)n1c(C)nc(-c2ccc(C)cc2)c1-c1ccnc(C)n1.CC.CC1CCNCC1. The molecule has 33 heavy (non-hydrogen) atoms. The van der Waals surface area contributed by atoms with Crippen LogP contribution in [0.2, 0.25) is 0 Å². The number of aromatic nitrogens is 4. The molecule has 1 N–H and O–H groups in total. The van der Waals surface area contributed by atoms with Gasteiger partial charge in [0.05, 0.1) is 17.1 Å². The molecule has 0 saturated carbocycles. The van der Waals surface area contributed by atoms with E-state index < -0.39 is 0 Å². The van der Waals surface area contributed by atoms with Crippen LogP contribution in [0.3, 0.4) is 0 Å². The van der Waals surface area contributed by atoms with Crippen LogP contribution < -0.4 is 5.32 Å². The van der Waals surface area contributed by atoms with E-state index in [0.29, 0.717) is 0 Å². The largest absolute Gasteiger partial charge is 0.317 e. The zero-order valence-corrected chi connectivity index (χ0v) is 21.7. The van der Waals surface area contributed by atoms with Crippen molar-refractivity contribution >= 4 is 5.70 Å². The van der Waals surface area contributed by atoms with Crippen molar-refractivity contribution in [3.05, 3.63) is 59.8 Å². The Hall–Kier alpha value is -2.79. The first-order valence-corrected chi connectivity index (χ1v) is 12.2. The van der Waals surface area contributed by atoms with Crippen LogP contribution in [0.15, 0.2) is 42.6 Å². The summed E-state index contributed by atoms with van der Waals surface area (Å²) in [5, 5.41) is 3.32. The van der Waals surface area contributed by atoms with Crippen molar-refractivity contribution in [1.82, 2.24) is 24.8 Å². The minimum atomic E-state index is 0.755. The van der Waals surface area contributed by atoms with E-state index in [2.05, 4.69) is 71.0 Å². The lowest BCUT2D eigenvalue weighted by Gasteiger charge is -2.17. The Bertz CT molecular complexity index is 1020. The second-order valence-electron chi connectivity index (χ2n) is 8.41. The third-order valence-corrected chi connectivity index (χ3v) is 5.79. The van der Waals surface area contributed by atoms with Gasteiger partial charge in [0, 0.05) is 17.5 Å². The molecule has 2 aromatic heterocycles. The van der Waals surface area contributed by atoms with Gasteiger partial charge >= 0.3 is 0 Å². The van der Waals surface area contributed by atoms with Crippen LogP contribution in [0.1, 0.15) is 64.7 Å². The number of hydrogen-bond donors (Lipinski definition) is 1. The smallest absolute Gasteiger partial charge is 0.125 e. The Kier molecular flexibility index (Phi) is 10.5. The molecule has 3 heterocycles. The summed E-state index contributed by atoms with van der Waals surface area (Å²) in [6, 6.07) is 10.4. The summed E-state index contributed by atoms with van der Waals surface area (Å²) in [5.41, 5.74) is 6.31. The van der Waals surface area contributed by atoms with E-state index in [4.69, 9.17) is 4.98 Å². The second kappa shape index (κ2) is 13.0. The van der Waals surface area contributed by atoms with Crippen molar-refractivity contribution in [3.8, 4) is 22.6 Å². The first kappa shape index (κ1) is 26.5. The molecule has 0 atom stereocenters. The lowest BCUT2D eigenvalue weighted by Crippen LogP contribution is -2.26. The summed E-state index contributed by atoms with van der Waals surface area (Å²) < 4.78 is 2.16. The molecular formula is C28H41N5. The Morgan fingerprint density at radius 1 is 1.00 bits per heavy atom. The van der Waals surface area contributed by atoms with Gasteiger partial charge < -0.3 is 5.32 Å². The first-order valence-electron chi connectivity index (χ1n) is 12.2. The standard InChI is InChI=1S/C20H22N4.C6H13N.C2H6/c1-6-14(3)24-16(5)23-19(17-9-7-13(2)8-10-17)20(24)18-11-12-21-15(4)22-18;1-6-2-4-7-5-3-6;1-2/h6-12H,1-5H3;6-7H,2-5H2,1H3;1-2H3/b14-6-;;. The number of hydrogen-bond acceptors (Lipinski definition) is 4. The molecule has 178 valence electrons. The Morgan fingerprint density at radius 2 is 1.64 bits per heavy atom. The molecule has 1 aromatic carbocycles. The quantitative estimate of drug-likeness (QED) is 0.477. The summed E-state index contributed by atoms with van der Waals surface area (Å²) in [5.74, 6) is 2.68. The fourth-order valence-corrected chi connectivity index (χ4v) is 3.80. The topological polar surface area (TPSA) is 55.6 Å². The summed E-state index contributed by atoms with van der Waals surface area (Å²) in [7, 11) is 0. The number of nitrogens with zero attached hydrogens (tertiary/aromatic N) is 4. The van der Waals surface area contributed by atoms with Gasteiger partial charge in [-0.05, 0) is 72.5 Å². The molecule has 1 aliphatic heterocycles. The van der Waals surface area contributed by atoms with E-state index >= 15 is 0 Å². The lowest BCUT2D eigenvalue weighted by molar-refractivity contribution is 0.402. The molecule has 4 rings (SSSR count). The molecule has 0 spiro atoms. The summed E-state index contributed by atoms with van der Waals surface area (Å²) in [4.78, 5) is 13.7. The van der Waals surface area contributed by atoms with E-state index in [-0.39, 0.29) is 0 Å². The predicted molar refractivity (Wildman–Crippen MR) is 141 cm³/mol. The van der Waals surface area contributed by atoms with Gasteiger partial charge in [-0.3, -0.25) is 4.57 Å². The number of benzene rings is 1. The highest BCUT2D eigenvalue weighted by molar-refractivity contribution is 5.80. The van der Waals surface area contributed by atoms with Gasteiger partial charge in [-0.15, -0.1) is 0 Å². The van der Waals surface area contributed by atoms with E-state index in [1.165, 1.54) is 31.5 Å². The minimum absolute atomic E-state index is 0.755. The average Bonchev–Trinajstić information content (AvgIpc) is 3.18. The summed E-state index contributed by atoms with van der Waals surface area (Å²) >= 11 is 0. The van der Waals surface area contributed by atoms with Crippen molar-refractivity contribution in [2.45, 2.75) is 68.2 Å². The van der Waals surface area contributed by atoms with Crippen molar-refractivity contribution in [3.63, 3.8) is 0 Å². The van der Waals surface area contributed by atoms with Crippen LogP contribution in [0.5, 0.6) is 0 Å². The molecule has 1 fully saturated rings. The molecule has 5 heteroatoms. The monoisotopic (exact) mass is 447 g/mol.